The number of carbonyl (C=O) groups is 1. The SMILES string of the molecule is CC(C)Nc1cncc(C(=O)N(C)c2ccccc2)c1. The summed E-state index contributed by atoms with van der Waals surface area (Å²) in [6, 6.07) is 11.7. The molecule has 0 radical (unpaired) electrons. The lowest BCUT2D eigenvalue weighted by molar-refractivity contribution is 0.0992. The van der Waals surface area contributed by atoms with Crippen molar-refractivity contribution in [3.05, 3.63) is 54.4 Å². The van der Waals surface area contributed by atoms with E-state index in [4.69, 9.17) is 0 Å². The van der Waals surface area contributed by atoms with Crippen LogP contribution in [0.2, 0.25) is 0 Å². The van der Waals surface area contributed by atoms with Gasteiger partial charge in [-0.15, -0.1) is 0 Å². The van der Waals surface area contributed by atoms with E-state index < -0.39 is 0 Å². The first-order chi connectivity index (χ1) is 9.58. The highest BCUT2D eigenvalue weighted by Gasteiger charge is 2.14. The van der Waals surface area contributed by atoms with E-state index in [2.05, 4.69) is 10.3 Å². The molecule has 4 heteroatoms. The predicted molar refractivity (Wildman–Crippen MR) is 82.2 cm³/mol. The lowest BCUT2D eigenvalue weighted by atomic mass is 10.2. The van der Waals surface area contributed by atoms with Crippen molar-refractivity contribution in [1.82, 2.24) is 4.98 Å². The Morgan fingerprint density at radius 2 is 1.90 bits per heavy atom. The van der Waals surface area contributed by atoms with Gasteiger partial charge in [0.1, 0.15) is 0 Å². The Hall–Kier alpha value is -2.36. The van der Waals surface area contributed by atoms with Crippen molar-refractivity contribution in [2.75, 3.05) is 17.3 Å². The Bertz CT molecular complexity index is 581. The molecule has 0 saturated heterocycles. The molecule has 0 bridgehead atoms. The number of nitrogens with zero attached hydrogens (tertiary/aromatic N) is 2. The van der Waals surface area contributed by atoms with Crippen LogP contribution >= 0.6 is 0 Å². The van der Waals surface area contributed by atoms with Crippen LogP contribution in [0.25, 0.3) is 0 Å². The molecular formula is C16H19N3O. The average molecular weight is 269 g/mol. The van der Waals surface area contributed by atoms with Crippen LogP contribution in [-0.2, 0) is 0 Å². The van der Waals surface area contributed by atoms with Crippen LogP contribution in [0.1, 0.15) is 24.2 Å². The van der Waals surface area contributed by atoms with Gasteiger partial charge in [0.05, 0.1) is 11.3 Å². The molecule has 0 fully saturated rings. The molecular weight excluding hydrogens is 250 g/mol. The van der Waals surface area contributed by atoms with Gasteiger partial charge in [-0.05, 0) is 32.0 Å². The van der Waals surface area contributed by atoms with Gasteiger partial charge in [0.2, 0.25) is 0 Å². The number of rotatable bonds is 4. The maximum atomic E-state index is 12.4. The van der Waals surface area contributed by atoms with E-state index in [9.17, 15) is 4.79 Å². The molecule has 2 rings (SSSR count). The maximum Gasteiger partial charge on any atom is 0.259 e. The fraction of sp³-hybridized carbons (Fsp3) is 0.250. The van der Waals surface area contributed by atoms with E-state index in [-0.39, 0.29) is 5.91 Å². The van der Waals surface area contributed by atoms with Crippen molar-refractivity contribution in [1.29, 1.82) is 0 Å². The fourth-order valence-corrected chi connectivity index (χ4v) is 1.93. The van der Waals surface area contributed by atoms with Crippen LogP contribution in [-0.4, -0.2) is 24.0 Å². The second kappa shape index (κ2) is 6.19. The second-order valence-corrected chi connectivity index (χ2v) is 4.96. The third-order valence-electron chi connectivity index (χ3n) is 2.89. The number of carbonyl (C=O) groups excluding carboxylic acids is 1. The molecule has 1 amide bonds. The highest BCUT2D eigenvalue weighted by Crippen LogP contribution is 2.16. The molecule has 2 aromatic rings. The van der Waals surface area contributed by atoms with Crippen LogP contribution < -0.4 is 10.2 Å². The third-order valence-corrected chi connectivity index (χ3v) is 2.89. The third kappa shape index (κ3) is 3.35. The standard InChI is InChI=1S/C16H19N3O/c1-12(2)18-14-9-13(10-17-11-14)16(20)19(3)15-7-5-4-6-8-15/h4-12,18H,1-3H3. The first-order valence-electron chi connectivity index (χ1n) is 6.62. The lowest BCUT2D eigenvalue weighted by Gasteiger charge is -2.18. The Balaban J connectivity index is 2.21. The zero-order chi connectivity index (χ0) is 14.5. The zero-order valence-electron chi connectivity index (χ0n) is 12.0. The minimum atomic E-state index is -0.0730. The maximum absolute atomic E-state index is 12.4. The van der Waals surface area contributed by atoms with Crippen molar-refractivity contribution in [2.24, 2.45) is 0 Å². The van der Waals surface area contributed by atoms with Gasteiger partial charge in [0.15, 0.2) is 0 Å². The van der Waals surface area contributed by atoms with Crippen LogP contribution in [0.3, 0.4) is 0 Å². The lowest BCUT2D eigenvalue weighted by Crippen LogP contribution is -2.26. The average Bonchev–Trinajstić information content (AvgIpc) is 2.46. The Kier molecular flexibility index (Phi) is 4.35. The van der Waals surface area contributed by atoms with Crippen LogP contribution in [0.4, 0.5) is 11.4 Å². The van der Waals surface area contributed by atoms with E-state index >= 15 is 0 Å². The van der Waals surface area contributed by atoms with E-state index in [1.165, 1.54) is 0 Å². The summed E-state index contributed by atoms with van der Waals surface area (Å²) in [5.74, 6) is -0.0730. The number of hydrogen-bond donors (Lipinski definition) is 1. The summed E-state index contributed by atoms with van der Waals surface area (Å²) in [4.78, 5) is 18.2. The number of para-hydroxylation sites is 1. The van der Waals surface area contributed by atoms with Crippen molar-refractivity contribution in [2.45, 2.75) is 19.9 Å². The number of amides is 1. The summed E-state index contributed by atoms with van der Waals surface area (Å²) in [6.07, 6.45) is 3.31. The van der Waals surface area contributed by atoms with Crippen LogP contribution in [0, 0.1) is 0 Å². The van der Waals surface area contributed by atoms with Gasteiger partial charge < -0.3 is 10.2 Å². The molecule has 0 spiro atoms. The molecule has 4 nitrogen and oxygen atoms in total. The monoisotopic (exact) mass is 269 g/mol. The predicted octanol–water partition coefficient (Wildman–Crippen LogP) is 3.18. The first kappa shape index (κ1) is 14.1. The summed E-state index contributed by atoms with van der Waals surface area (Å²) in [5.41, 5.74) is 2.29. The summed E-state index contributed by atoms with van der Waals surface area (Å²) in [6.45, 7) is 4.09. The van der Waals surface area contributed by atoms with E-state index in [1.807, 2.05) is 50.2 Å². The Morgan fingerprint density at radius 3 is 2.55 bits per heavy atom. The molecule has 0 atom stereocenters. The highest BCUT2D eigenvalue weighted by atomic mass is 16.2. The highest BCUT2D eigenvalue weighted by molar-refractivity contribution is 6.05. The summed E-state index contributed by atoms with van der Waals surface area (Å²) >= 11 is 0. The van der Waals surface area contributed by atoms with Crippen LogP contribution in [0.15, 0.2) is 48.8 Å². The van der Waals surface area contributed by atoms with Gasteiger partial charge >= 0.3 is 0 Å². The molecule has 0 unspecified atom stereocenters. The van der Waals surface area contributed by atoms with Gasteiger partial charge in [-0.2, -0.15) is 0 Å². The number of aromatic nitrogens is 1. The molecule has 20 heavy (non-hydrogen) atoms. The molecule has 0 aliphatic carbocycles. The molecule has 0 aliphatic rings. The van der Waals surface area contributed by atoms with Gasteiger partial charge in [-0.25, -0.2) is 0 Å². The fourth-order valence-electron chi connectivity index (χ4n) is 1.93. The van der Waals surface area contributed by atoms with Crippen molar-refractivity contribution in [3.63, 3.8) is 0 Å². The molecule has 104 valence electrons. The normalized spacial score (nSPS) is 10.4. The summed E-state index contributed by atoms with van der Waals surface area (Å²) in [5, 5.41) is 3.25. The van der Waals surface area contributed by atoms with Gasteiger partial charge in [0.25, 0.3) is 5.91 Å². The summed E-state index contributed by atoms with van der Waals surface area (Å²) < 4.78 is 0. The molecule has 0 aliphatic heterocycles. The number of pyridine rings is 1. The zero-order valence-corrected chi connectivity index (χ0v) is 12.0. The molecule has 0 saturated carbocycles. The molecule has 1 N–H and O–H groups in total. The number of hydrogen-bond acceptors (Lipinski definition) is 3. The number of benzene rings is 1. The van der Waals surface area contributed by atoms with Crippen molar-refractivity contribution >= 4 is 17.3 Å². The Morgan fingerprint density at radius 1 is 1.20 bits per heavy atom. The minimum absolute atomic E-state index is 0.0730. The van der Waals surface area contributed by atoms with Gasteiger partial charge in [0, 0.05) is 31.2 Å². The van der Waals surface area contributed by atoms with E-state index in [0.29, 0.717) is 11.6 Å². The van der Waals surface area contributed by atoms with E-state index in [1.54, 1.807) is 24.3 Å². The smallest absolute Gasteiger partial charge is 0.259 e. The molecule has 1 aromatic carbocycles. The minimum Gasteiger partial charge on any atom is -0.382 e. The first-order valence-corrected chi connectivity index (χ1v) is 6.62. The Labute approximate surface area is 119 Å². The number of nitrogens with one attached hydrogen (secondary N) is 1. The topological polar surface area (TPSA) is 45.2 Å². The van der Waals surface area contributed by atoms with E-state index in [0.717, 1.165) is 11.4 Å². The quantitative estimate of drug-likeness (QED) is 0.927. The van der Waals surface area contributed by atoms with Crippen LogP contribution in [0.5, 0.6) is 0 Å². The number of anilines is 2. The van der Waals surface area contributed by atoms with Gasteiger partial charge in [-0.1, -0.05) is 18.2 Å². The van der Waals surface area contributed by atoms with Crippen molar-refractivity contribution in [3.8, 4) is 0 Å². The van der Waals surface area contributed by atoms with Crippen molar-refractivity contribution < 1.29 is 4.79 Å². The van der Waals surface area contributed by atoms with Gasteiger partial charge in [-0.3, -0.25) is 9.78 Å². The molecule has 1 heterocycles. The molecule has 1 aromatic heterocycles. The largest absolute Gasteiger partial charge is 0.382 e. The second-order valence-electron chi connectivity index (χ2n) is 4.96. The summed E-state index contributed by atoms with van der Waals surface area (Å²) in [7, 11) is 1.76.